The number of alkyl halides is 1. The molecular formula is C9H20FNSi. The predicted molar refractivity (Wildman–Crippen MR) is 53.9 cm³/mol. The first-order valence-electron chi connectivity index (χ1n) is 4.86. The summed E-state index contributed by atoms with van der Waals surface area (Å²) in [6.45, 7) is 4.60. The van der Waals surface area contributed by atoms with Gasteiger partial charge in [-0.05, 0) is 31.6 Å². The fourth-order valence-corrected chi connectivity index (χ4v) is 5.69. The van der Waals surface area contributed by atoms with Crippen LogP contribution < -0.4 is 5.32 Å². The van der Waals surface area contributed by atoms with Gasteiger partial charge in [-0.15, -0.1) is 0 Å². The van der Waals surface area contributed by atoms with Gasteiger partial charge in [-0.3, -0.25) is 0 Å². The molecule has 0 heterocycles. The van der Waals surface area contributed by atoms with E-state index in [0.29, 0.717) is 5.54 Å². The summed E-state index contributed by atoms with van der Waals surface area (Å²) in [6.07, 6.45) is 3.59. The summed E-state index contributed by atoms with van der Waals surface area (Å²) in [5, 5.41) is 3.20. The van der Waals surface area contributed by atoms with E-state index in [1.807, 2.05) is 7.05 Å². The van der Waals surface area contributed by atoms with Crippen LogP contribution in [0.25, 0.3) is 0 Å². The van der Waals surface area contributed by atoms with Crippen molar-refractivity contribution in [3.63, 3.8) is 0 Å². The zero-order valence-corrected chi connectivity index (χ0v) is 9.36. The van der Waals surface area contributed by atoms with E-state index in [1.54, 1.807) is 0 Å². The minimum Gasteiger partial charge on any atom is -0.322 e. The first-order chi connectivity index (χ1) is 5.58. The summed E-state index contributed by atoms with van der Waals surface area (Å²) < 4.78 is 13.4. The highest BCUT2D eigenvalue weighted by molar-refractivity contribution is 6.79. The zero-order chi connectivity index (χ0) is 9.19. The maximum atomic E-state index is 13.4. The Morgan fingerprint density at radius 2 is 2.08 bits per heavy atom. The van der Waals surface area contributed by atoms with Crippen LogP contribution in [0, 0.1) is 0 Å². The third kappa shape index (κ3) is 2.07. The van der Waals surface area contributed by atoms with Crippen LogP contribution in [-0.2, 0) is 0 Å². The summed E-state index contributed by atoms with van der Waals surface area (Å²) in [6, 6.07) is 0. The minimum atomic E-state index is -1.32. The summed E-state index contributed by atoms with van der Waals surface area (Å²) in [4.78, 5) is 0. The summed E-state index contributed by atoms with van der Waals surface area (Å²) in [5.74, 6) is 0. The van der Waals surface area contributed by atoms with Crippen molar-refractivity contribution in [1.29, 1.82) is 0 Å². The fraction of sp³-hybridized carbons (Fsp3) is 1.00. The van der Waals surface area contributed by atoms with Crippen molar-refractivity contribution in [3.8, 4) is 0 Å². The summed E-state index contributed by atoms with van der Waals surface area (Å²) in [7, 11) is 0.650. The summed E-state index contributed by atoms with van der Waals surface area (Å²) in [5.41, 5.74) is 0.407. The molecule has 1 nitrogen and oxygen atoms in total. The molecule has 1 saturated carbocycles. The van der Waals surface area contributed by atoms with Crippen molar-refractivity contribution in [2.75, 3.05) is 13.2 Å². The number of nitrogens with one attached hydrogen (secondary N) is 1. The van der Waals surface area contributed by atoms with Crippen LogP contribution in [0.3, 0.4) is 0 Å². The highest BCUT2D eigenvalue weighted by Crippen LogP contribution is 2.40. The third-order valence-electron chi connectivity index (χ3n) is 3.07. The zero-order valence-electron chi connectivity index (χ0n) is 8.36. The monoisotopic (exact) mass is 189 g/mol. The van der Waals surface area contributed by atoms with E-state index < -0.39 is 14.2 Å². The van der Waals surface area contributed by atoms with Gasteiger partial charge in [-0.2, -0.15) is 0 Å². The smallest absolute Gasteiger partial charge is 0.101 e. The normalized spacial score (nSPS) is 31.0. The number of hydrogen-bond acceptors (Lipinski definition) is 1. The second kappa shape index (κ2) is 3.88. The van der Waals surface area contributed by atoms with Crippen LogP contribution in [0.15, 0.2) is 0 Å². The molecule has 0 saturated heterocycles. The molecule has 1 aliphatic carbocycles. The van der Waals surface area contributed by atoms with Gasteiger partial charge in [0, 0.05) is 0 Å². The first-order valence-corrected chi connectivity index (χ1v) is 8.15. The van der Waals surface area contributed by atoms with Gasteiger partial charge in [0.15, 0.2) is 0 Å². The molecule has 0 aromatic rings. The van der Waals surface area contributed by atoms with Crippen LogP contribution >= 0.6 is 0 Å². The standard InChI is InChI=1S/C9H20FNSi/c1-11-7-12(2,3)9-6-4-5-8(9)10/h8-9,11H,4-7H2,1-3H3. The topological polar surface area (TPSA) is 12.0 Å². The molecule has 0 aromatic heterocycles. The van der Waals surface area contributed by atoms with Crippen LogP contribution in [0.2, 0.25) is 18.6 Å². The van der Waals surface area contributed by atoms with Crippen LogP contribution in [-0.4, -0.2) is 27.5 Å². The van der Waals surface area contributed by atoms with E-state index in [2.05, 4.69) is 18.4 Å². The van der Waals surface area contributed by atoms with E-state index in [1.165, 1.54) is 0 Å². The fourth-order valence-electron chi connectivity index (χ4n) is 2.38. The van der Waals surface area contributed by atoms with Crippen molar-refractivity contribution in [2.45, 2.75) is 44.1 Å². The molecule has 2 atom stereocenters. The Bertz CT molecular complexity index is 149. The van der Waals surface area contributed by atoms with Crippen LogP contribution in [0.1, 0.15) is 19.3 Å². The van der Waals surface area contributed by atoms with E-state index in [9.17, 15) is 4.39 Å². The Kier molecular flexibility index (Phi) is 3.29. The van der Waals surface area contributed by atoms with E-state index >= 15 is 0 Å². The van der Waals surface area contributed by atoms with E-state index in [4.69, 9.17) is 0 Å². The minimum absolute atomic E-state index is 0.407. The van der Waals surface area contributed by atoms with Gasteiger partial charge in [-0.25, -0.2) is 4.39 Å². The molecule has 0 amide bonds. The van der Waals surface area contributed by atoms with E-state index in [0.717, 1.165) is 25.4 Å². The third-order valence-corrected chi connectivity index (χ3v) is 6.99. The molecule has 1 rings (SSSR count). The van der Waals surface area contributed by atoms with Crippen molar-refractivity contribution in [3.05, 3.63) is 0 Å². The second-order valence-electron chi connectivity index (χ2n) is 4.57. The quantitative estimate of drug-likeness (QED) is 0.672. The Morgan fingerprint density at radius 1 is 1.42 bits per heavy atom. The highest BCUT2D eigenvalue weighted by Gasteiger charge is 2.39. The molecule has 3 heteroatoms. The number of hydrogen-bond donors (Lipinski definition) is 1. The van der Waals surface area contributed by atoms with Crippen LogP contribution in [0.5, 0.6) is 0 Å². The average molecular weight is 189 g/mol. The van der Waals surface area contributed by atoms with Crippen LogP contribution in [0.4, 0.5) is 4.39 Å². The average Bonchev–Trinajstić information content (AvgIpc) is 2.35. The van der Waals surface area contributed by atoms with Gasteiger partial charge in [0.05, 0.1) is 8.07 Å². The van der Waals surface area contributed by atoms with Crippen molar-refractivity contribution in [1.82, 2.24) is 5.32 Å². The molecule has 0 radical (unpaired) electrons. The largest absolute Gasteiger partial charge is 0.322 e. The Labute approximate surface area is 75.7 Å². The Morgan fingerprint density at radius 3 is 2.50 bits per heavy atom. The number of halogens is 1. The van der Waals surface area contributed by atoms with Gasteiger partial charge in [-0.1, -0.05) is 19.5 Å². The molecule has 2 unspecified atom stereocenters. The highest BCUT2D eigenvalue weighted by atomic mass is 28.3. The van der Waals surface area contributed by atoms with E-state index in [-0.39, 0.29) is 0 Å². The first kappa shape index (κ1) is 10.2. The lowest BCUT2D eigenvalue weighted by atomic mass is 10.3. The maximum Gasteiger partial charge on any atom is 0.101 e. The molecule has 12 heavy (non-hydrogen) atoms. The molecular weight excluding hydrogens is 169 g/mol. The van der Waals surface area contributed by atoms with Crippen molar-refractivity contribution < 1.29 is 4.39 Å². The van der Waals surface area contributed by atoms with Gasteiger partial charge >= 0.3 is 0 Å². The summed E-state index contributed by atoms with van der Waals surface area (Å²) >= 11 is 0. The van der Waals surface area contributed by atoms with Gasteiger partial charge in [0.25, 0.3) is 0 Å². The Balaban J connectivity index is 2.54. The Hall–Kier alpha value is 0.107. The lowest BCUT2D eigenvalue weighted by Gasteiger charge is -2.30. The van der Waals surface area contributed by atoms with Crippen molar-refractivity contribution in [2.24, 2.45) is 0 Å². The predicted octanol–water partition coefficient (Wildman–Crippen LogP) is 2.35. The van der Waals surface area contributed by atoms with Crippen molar-refractivity contribution >= 4 is 8.07 Å². The molecule has 72 valence electrons. The number of rotatable bonds is 3. The SMILES string of the molecule is CNC[Si](C)(C)C1CCCC1F. The molecule has 1 aliphatic rings. The molecule has 1 fully saturated rings. The lowest BCUT2D eigenvalue weighted by molar-refractivity contribution is 0.337. The molecule has 1 N–H and O–H groups in total. The van der Waals surface area contributed by atoms with Gasteiger partial charge in [0.1, 0.15) is 6.17 Å². The lowest BCUT2D eigenvalue weighted by Crippen LogP contribution is -2.44. The molecule has 0 bridgehead atoms. The molecule has 0 aromatic carbocycles. The van der Waals surface area contributed by atoms with Gasteiger partial charge in [0.2, 0.25) is 0 Å². The molecule has 0 aliphatic heterocycles. The molecule has 0 spiro atoms. The maximum absolute atomic E-state index is 13.4. The second-order valence-corrected chi connectivity index (χ2v) is 9.64. The van der Waals surface area contributed by atoms with Gasteiger partial charge < -0.3 is 5.32 Å².